The molecular weight excluding hydrogens is 536 g/mol. The second-order valence-corrected chi connectivity index (χ2v) is 8.77. The summed E-state index contributed by atoms with van der Waals surface area (Å²) in [6.07, 6.45) is 1.61. The van der Waals surface area contributed by atoms with Gasteiger partial charge in [-0.3, -0.25) is 14.5 Å². The Morgan fingerprint density at radius 3 is 2.64 bits per heavy atom. The molecule has 146 valence electrons. The molecule has 1 aliphatic rings. The number of halogens is 3. The van der Waals surface area contributed by atoms with Gasteiger partial charge in [0.1, 0.15) is 0 Å². The van der Waals surface area contributed by atoms with Crippen LogP contribution < -0.4 is 4.74 Å². The van der Waals surface area contributed by atoms with Gasteiger partial charge in [-0.2, -0.15) is 0 Å². The summed E-state index contributed by atoms with van der Waals surface area (Å²) in [4.78, 5) is 26.5. The molecule has 0 radical (unpaired) electrons. The molecule has 0 atom stereocenters. The highest BCUT2D eigenvalue weighted by molar-refractivity contribution is 14.1. The van der Waals surface area contributed by atoms with Gasteiger partial charge in [-0.05, 0) is 82.7 Å². The summed E-state index contributed by atoms with van der Waals surface area (Å²) < 4.78 is 6.00. The Bertz CT molecular complexity index is 996. The number of benzene rings is 2. The first-order valence-electron chi connectivity index (χ1n) is 8.14. The number of thioether (sulfide) groups is 1. The van der Waals surface area contributed by atoms with E-state index in [1.807, 2.05) is 29.5 Å². The molecule has 3 rings (SSSR count). The maximum atomic E-state index is 12.7. The summed E-state index contributed by atoms with van der Waals surface area (Å²) >= 11 is 14.8. The SMILES string of the molecule is CCOc1cc(/C=C2/SC(=O)N(Cc3ccc(Cl)c(Cl)c3)C2=O)cc(I)c1O. The maximum Gasteiger partial charge on any atom is 0.293 e. The number of phenols is 1. The van der Waals surface area contributed by atoms with Crippen LogP contribution in [0.5, 0.6) is 11.5 Å². The molecule has 2 amide bonds. The fourth-order valence-electron chi connectivity index (χ4n) is 2.55. The van der Waals surface area contributed by atoms with Crippen molar-refractivity contribution in [1.29, 1.82) is 0 Å². The first-order chi connectivity index (χ1) is 13.3. The van der Waals surface area contributed by atoms with Crippen LogP contribution >= 0.6 is 57.6 Å². The van der Waals surface area contributed by atoms with Crippen molar-refractivity contribution in [3.8, 4) is 11.5 Å². The molecule has 5 nitrogen and oxygen atoms in total. The molecule has 28 heavy (non-hydrogen) atoms. The number of rotatable bonds is 5. The zero-order valence-corrected chi connectivity index (χ0v) is 19.0. The van der Waals surface area contributed by atoms with Crippen molar-refractivity contribution in [3.05, 3.63) is 60.0 Å². The predicted octanol–water partition coefficient (Wildman–Crippen LogP) is 5.94. The second kappa shape index (κ2) is 8.94. The zero-order valence-electron chi connectivity index (χ0n) is 14.5. The number of nitrogens with zero attached hydrogens (tertiary/aromatic N) is 1. The molecule has 0 saturated carbocycles. The van der Waals surface area contributed by atoms with Crippen LogP contribution in [0.25, 0.3) is 6.08 Å². The van der Waals surface area contributed by atoms with E-state index in [1.165, 1.54) is 0 Å². The van der Waals surface area contributed by atoms with Crippen molar-refractivity contribution < 1.29 is 19.4 Å². The molecule has 0 aliphatic carbocycles. The third-order valence-corrected chi connectivity index (χ3v) is 6.32. The van der Waals surface area contributed by atoms with E-state index in [-0.39, 0.29) is 23.4 Å². The van der Waals surface area contributed by atoms with E-state index in [0.717, 1.165) is 16.7 Å². The molecule has 0 spiro atoms. The van der Waals surface area contributed by atoms with Crippen LogP contribution in [0.3, 0.4) is 0 Å². The summed E-state index contributed by atoms with van der Waals surface area (Å²) in [5, 5.41) is 10.5. The molecule has 2 aromatic rings. The van der Waals surface area contributed by atoms with Crippen LogP contribution in [0.4, 0.5) is 4.79 Å². The van der Waals surface area contributed by atoms with E-state index in [4.69, 9.17) is 27.9 Å². The zero-order chi connectivity index (χ0) is 20.4. The highest BCUT2D eigenvalue weighted by atomic mass is 127. The normalized spacial score (nSPS) is 15.6. The Morgan fingerprint density at radius 2 is 1.96 bits per heavy atom. The monoisotopic (exact) mass is 549 g/mol. The lowest BCUT2D eigenvalue weighted by molar-refractivity contribution is -0.123. The largest absolute Gasteiger partial charge is 0.504 e. The average Bonchev–Trinajstić information content (AvgIpc) is 2.90. The molecule has 1 saturated heterocycles. The van der Waals surface area contributed by atoms with Gasteiger partial charge < -0.3 is 9.84 Å². The van der Waals surface area contributed by atoms with Gasteiger partial charge in [-0.1, -0.05) is 29.3 Å². The summed E-state index contributed by atoms with van der Waals surface area (Å²) in [6, 6.07) is 8.33. The topological polar surface area (TPSA) is 66.8 Å². The van der Waals surface area contributed by atoms with E-state index < -0.39 is 0 Å². The molecule has 0 aromatic heterocycles. The van der Waals surface area contributed by atoms with Crippen molar-refractivity contribution >= 4 is 74.8 Å². The molecule has 1 aliphatic heterocycles. The van der Waals surface area contributed by atoms with Crippen LogP contribution in [-0.4, -0.2) is 27.8 Å². The Balaban J connectivity index is 1.85. The number of carbonyl (C=O) groups excluding carboxylic acids is 2. The lowest BCUT2D eigenvalue weighted by Gasteiger charge is -2.13. The van der Waals surface area contributed by atoms with Gasteiger partial charge in [0, 0.05) is 0 Å². The van der Waals surface area contributed by atoms with Gasteiger partial charge in [-0.25, -0.2) is 0 Å². The van der Waals surface area contributed by atoms with E-state index in [0.29, 0.717) is 42.0 Å². The van der Waals surface area contributed by atoms with E-state index >= 15 is 0 Å². The number of hydrogen-bond acceptors (Lipinski definition) is 5. The van der Waals surface area contributed by atoms with Crippen molar-refractivity contribution in [2.24, 2.45) is 0 Å². The first-order valence-corrected chi connectivity index (χ1v) is 10.8. The fraction of sp³-hybridized carbons (Fsp3) is 0.158. The number of ether oxygens (including phenoxy) is 1. The summed E-state index contributed by atoms with van der Waals surface area (Å²) in [5.74, 6) is -0.00915. The van der Waals surface area contributed by atoms with E-state index in [1.54, 1.807) is 36.4 Å². The van der Waals surface area contributed by atoms with Crippen molar-refractivity contribution in [1.82, 2.24) is 4.90 Å². The highest BCUT2D eigenvalue weighted by Gasteiger charge is 2.35. The molecule has 1 heterocycles. The van der Waals surface area contributed by atoms with Crippen LogP contribution in [0.2, 0.25) is 10.0 Å². The van der Waals surface area contributed by atoms with E-state index in [9.17, 15) is 14.7 Å². The third-order valence-electron chi connectivity index (χ3n) is 3.85. The Kier molecular flexibility index (Phi) is 6.80. The standard InChI is InChI=1S/C19H14Cl2INO4S/c1-2-27-15-7-11(6-14(22)17(15)24)8-16-18(25)23(19(26)28-16)9-10-3-4-12(20)13(21)5-10/h3-8,24H,2,9H2,1H3/b16-8+. The van der Waals surface area contributed by atoms with Crippen LogP contribution in [0, 0.1) is 3.57 Å². The minimum absolute atomic E-state index is 0.0484. The minimum Gasteiger partial charge on any atom is -0.504 e. The van der Waals surface area contributed by atoms with Gasteiger partial charge in [0.2, 0.25) is 0 Å². The molecule has 1 N–H and O–H groups in total. The molecule has 2 aromatic carbocycles. The summed E-state index contributed by atoms with van der Waals surface area (Å²) in [6.45, 7) is 2.32. The average molecular weight is 550 g/mol. The van der Waals surface area contributed by atoms with Crippen molar-refractivity contribution in [2.75, 3.05) is 6.61 Å². The van der Waals surface area contributed by atoms with Gasteiger partial charge in [0.15, 0.2) is 11.5 Å². The fourth-order valence-corrected chi connectivity index (χ4v) is 4.34. The summed E-state index contributed by atoms with van der Waals surface area (Å²) in [7, 11) is 0. The minimum atomic E-state index is -0.387. The number of phenolic OH excluding ortho intramolecular Hbond substituents is 1. The number of hydrogen-bond donors (Lipinski definition) is 1. The Morgan fingerprint density at radius 1 is 1.21 bits per heavy atom. The lowest BCUT2D eigenvalue weighted by atomic mass is 10.1. The number of amides is 2. The molecular formula is C19H14Cl2INO4S. The summed E-state index contributed by atoms with van der Waals surface area (Å²) in [5.41, 5.74) is 1.36. The van der Waals surface area contributed by atoms with Crippen LogP contribution in [-0.2, 0) is 11.3 Å². The van der Waals surface area contributed by atoms with Crippen LogP contribution in [0.15, 0.2) is 35.2 Å². The number of imide groups is 1. The lowest BCUT2D eigenvalue weighted by Crippen LogP contribution is -2.27. The van der Waals surface area contributed by atoms with Gasteiger partial charge in [0.05, 0.1) is 31.7 Å². The van der Waals surface area contributed by atoms with Crippen LogP contribution in [0.1, 0.15) is 18.1 Å². The maximum absolute atomic E-state index is 12.7. The quantitative estimate of drug-likeness (QED) is 0.369. The van der Waals surface area contributed by atoms with Crippen molar-refractivity contribution in [3.63, 3.8) is 0 Å². The number of aromatic hydroxyl groups is 1. The predicted molar refractivity (Wildman–Crippen MR) is 120 cm³/mol. The van der Waals surface area contributed by atoms with Gasteiger partial charge in [-0.15, -0.1) is 0 Å². The highest BCUT2D eigenvalue weighted by Crippen LogP contribution is 2.37. The smallest absolute Gasteiger partial charge is 0.293 e. The molecule has 9 heteroatoms. The molecule has 0 bridgehead atoms. The Hall–Kier alpha value is -1.42. The first kappa shape index (κ1) is 21.3. The molecule has 1 fully saturated rings. The molecule has 0 unspecified atom stereocenters. The van der Waals surface area contributed by atoms with Gasteiger partial charge >= 0.3 is 0 Å². The van der Waals surface area contributed by atoms with Crippen molar-refractivity contribution in [2.45, 2.75) is 13.5 Å². The van der Waals surface area contributed by atoms with Gasteiger partial charge in [0.25, 0.3) is 11.1 Å². The Labute approximate surface area is 189 Å². The number of carbonyl (C=O) groups is 2. The van der Waals surface area contributed by atoms with E-state index in [2.05, 4.69) is 0 Å². The second-order valence-electron chi connectivity index (χ2n) is 5.80. The third kappa shape index (κ3) is 4.59.